The van der Waals surface area contributed by atoms with Gasteiger partial charge in [-0.2, -0.15) is 0 Å². The summed E-state index contributed by atoms with van der Waals surface area (Å²) in [5, 5.41) is 22.7. The lowest BCUT2D eigenvalue weighted by Crippen LogP contribution is -2.06. The molecule has 0 saturated heterocycles. The minimum absolute atomic E-state index is 0.0677. The van der Waals surface area contributed by atoms with E-state index in [1.54, 1.807) is 0 Å². The fourth-order valence-corrected chi connectivity index (χ4v) is 2.00. The van der Waals surface area contributed by atoms with Gasteiger partial charge in [0.2, 0.25) is 0 Å². The Kier molecular flexibility index (Phi) is 3.84. The zero-order valence-electron chi connectivity index (χ0n) is 11.5. The molecule has 7 heteroatoms. The average molecular weight is 287 g/mol. The predicted molar refractivity (Wildman–Crippen MR) is 77.0 cm³/mol. The number of nitrogens with zero attached hydrogens (tertiary/aromatic N) is 2. The van der Waals surface area contributed by atoms with Crippen molar-refractivity contribution in [1.82, 2.24) is 4.98 Å². The molecule has 0 aliphatic heterocycles. The lowest BCUT2D eigenvalue weighted by molar-refractivity contribution is -0.385. The van der Waals surface area contributed by atoms with E-state index in [9.17, 15) is 14.9 Å². The van der Waals surface area contributed by atoms with Gasteiger partial charge in [-0.1, -0.05) is 6.07 Å². The highest BCUT2D eigenvalue weighted by Crippen LogP contribution is 2.24. The van der Waals surface area contributed by atoms with E-state index in [4.69, 9.17) is 5.11 Å². The van der Waals surface area contributed by atoms with Crippen LogP contribution in [0.5, 0.6) is 0 Å². The number of aryl methyl sites for hydroxylation is 2. The number of aromatic carboxylic acids is 1. The van der Waals surface area contributed by atoms with Gasteiger partial charge < -0.3 is 10.4 Å². The van der Waals surface area contributed by atoms with Gasteiger partial charge in [-0.25, -0.2) is 9.78 Å². The minimum atomic E-state index is -1.28. The Labute approximate surface area is 120 Å². The van der Waals surface area contributed by atoms with Crippen LogP contribution in [0.25, 0.3) is 0 Å². The predicted octanol–water partition coefficient (Wildman–Crippen LogP) is 3.05. The van der Waals surface area contributed by atoms with Gasteiger partial charge in [-0.3, -0.25) is 10.1 Å². The van der Waals surface area contributed by atoms with Crippen LogP contribution in [0.3, 0.4) is 0 Å². The number of hydrogen-bond donors (Lipinski definition) is 2. The van der Waals surface area contributed by atoms with Gasteiger partial charge in [0.25, 0.3) is 5.69 Å². The second-order valence-corrected chi connectivity index (χ2v) is 4.65. The van der Waals surface area contributed by atoms with Crippen molar-refractivity contribution in [3.05, 3.63) is 57.3 Å². The molecule has 21 heavy (non-hydrogen) atoms. The molecule has 0 aliphatic carbocycles. The van der Waals surface area contributed by atoms with Gasteiger partial charge in [-0.05, 0) is 37.1 Å². The number of carboxylic acids is 1. The first-order valence-corrected chi connectivity index (χ1v) is 6.10. The van der Waals surface area contributed by atoms with Gasteiger partial charge in [0.05, 0.1) is 4.92 Å². The van der Waals surface area contributed by atoms with Crippen LogP contribution >= 0.6 is 0 Å². The van der Waals surface area contributed by atoms with Gasteiger partial charge in [-0.15, -0.1) is 0 Å². The quantitative estimate of drug-likeness (QED) is 0.661. The maximum absolute atomic E-state index is 11.2. The van der Waals surface area contributed by atoms with Crippen LogP contribution in [0.1, 0.15) is 21.5 Å². The molecule has 7 nitrogen and oxygen atoms in total. The van der Waals surface area contributed by atoms with Crippen LogP contribution in [0.15, 0.2) is 30.5 Å². The Balaban J connectivity index is 2.43. The number of benzene rings is 1. The topological polar surface area (TPSA) is 105 Å². The van der Waals surface area contributed by atoms with E-state index in [2.05, 4.69) is 10.3 Å². The molecule has 108 valence electrons. The number of anilines is 2. The smallest absolute Gasteiger partial charge is 0.339 e. The number of nitrogens with one attached hydrogen (secondary N) is 1. The number of hydrogen-bond acceptors (Lipinski definition) is 5. The molecule has 0 saturated carbocycles. The Morgan fingerprint density at radius 2 is 1.86 bits per heavy atom. The van der Waals surface area contributed by atoms with Crippen molar-refractivity contribution >= 4 is 23.2 Å². The average Bonchev–Trinajstić information content (AvgIpc) is 2.37. The van der Waals surface area contributed by atoms with E-state index in [-0.39, 0.29) is 17.1 Å². The van der Waals surface area contributed by atoms with Crippen molar-refractivity contribution in [3.8, 4) is 0 Å². The normalized spacial score (nSPS) is 10.2. The van der Waals surface area contributed by atoms with Gasteiger partial charge >= 0.3 is 5.97 Å². The van der Waals surface area contributed by atoms with Crippen molar-refractivity contribution in [2.24, 2.45) is 0 Å². The van der Waals surface area contributed by atoms with Crippen LogP contribution in [0.4, 0.5) is 17.2 Å². The summed E-state index contributed by atoms with van der Waals surface area (Å²) >= 11 is 0. The minimum Gasteiger partial charge on any atom is -0.478 e. The number of rotatable bonds is 4. The van der Waals surface area contributed by atoms with Crippen LogP contribution in [0.2, 0.25) is 0 Å². The second-order valence-electron chi connectivity index (χ2n) is 4.65. The molecule has 0 bridgehead atoms. The molecule has 2 N–H and O–H groups in total. The lowest BCUT2D eigenvalue weighted by Gasteiger charge is -2.10. The monoisotopic (exact) mass is 287 g/mol. The molecule has 0 atom stereocenters. The number of carboxylic acid groups (broad SMARTS) is 1. The molecule has 1 heterocycles. The summed E-state index contributed by atoms with van der Waals surface area (Å²) in [5.41, 5.74) is 2.09. The molecular formula is C14H13N3O4. The Morgan fingerprint density at radius 1 is 1.24 bits per heavy atom. The molecular weight excluding hydrogens is 274 g/mol. The fourth-order valence-electron chi connectivity index (χ4n) is 2.00. The summed E-state index contributed by atoms with van der Waals surface area (Å²) in [6.07, 6.45) is 1.03. The zero-order valence-corrected chi connectivity index (χ0v) is 11.5. The number of aromatic nitrogens is 1. The van der Waals surface area contributed by atoms with Gasteiger partial charge in [0, 0.05) is 11.8 Å². The Morgan fingerprint density at radius 3 is 2.38 bits per heavy atom. The molecule has 1 aromatic heterocycles. The molecule has 1 aromatic carbocycles. The van der Waals surface area contributed by atoms with E-state index in [0.717, 1.165) is 23.4 Å². The van der Waals surface area contributed by atoms with E-state index in [1.165, 1.54) is 0 Å². The lowest BCUT2D eigenvalue weighted by atomic mass is 10.1. The third-order valence-corrected chi connectivity index (χ3v) is 2.80. The van der Waals surface area contributed by atoms with Crippen LogP contribution in [-0.4, -0.2) is 21.0 Å². The van der Waals surface area contributed by atoms with Crippen molar-refractivity contribution in [3.63, 3.8) is 0 Å². The zero-order chi connectivity index (χ0) is 15.6. The summed E-state index contributed by atoms with van der Waals surface area (Å²) in [5.74, 6) is -1.21. The first kappa shape index (κ1) is 14.4. The standard InChI is InChI=1S/C14H13N3O4/c1-8-3-9(2)5-10(4-8)16-13-12(14(18)19)6-11(7-15-13)17(20)21/h3-7H,1-2H3,(H,15,16)(H,18,19). The highest BCUT2D eigenvalue weighted by molar-refractivity contribution is 5.94. The Hall–Kier alpha value is -2.96. The molecule has 0 unspecified atom stereocenters. The maximum Gasteiger partial charge on any atom is 0.339 e. The largest absolute Gasteiger partial charge is 0.478 e. The molecule has 0 aliphatic rings. The molecule has 0 radical (unpaired) electrons. The van der Waals surface area contributed by atoms with Gasteiger partial charge in [0.15, 0.2) is 0 Å². The van der Waals surface area contributed by atoms with Crippen molar-refractivity contribution in [2.75, 3.05) is 5.32 Å². The summed E-state index contributed by atoms with van der Waals surface area (Å²) in [6.45, 7) is 3.83. The highest BCUT2D eigenvalue weighted by Gasteiger charge is 2.17. The van der Waals surface area contributed by atoms with E-state index < -0.39 is 10.9 Å². The van der Waals surface area contributed by atoms with Crippen molar-refractivity contribution < 1.29 is 14.8 Å². The summed E-state index contributed by atoms with van der Waals surface area (Å²) in [7, 11) is 0. The molecule has 0 spiro atoms. The molecule has 2 aromatic rings. The van der Waals surface area contributed by atoms with E-state index in [0.29, 0.717) is 5.69 Å². The third kappa shape index (κ3) is 3.33. The Bertz CT molecular complexity index is 708. The van der Waals surface area contributed by atoms with Crippen molar-refractivity contribution in [2.45, 2.75) is 13.8 Å². The molecule has 0 amide bonds. The first-order chi connectivity index (χ1) is 9.86. The summed E-state index contributed by atoms with van der Waals surface area (Å²) < 4.78 is 0. The highest BCUT2D eigenvalue weighted by atomic mass is 16.6. The first-order valence-electron chi connectivity index (χ1n) is 6.10. The fraction of sp³-hybridized carbons (Fsp3) is 0.143. The molecule has 2 rings (SSSR count). The van der Waals surface area contributed by atoms with Crippen LogP contribution in [0, 0.1) is 24.0 Å². The van der Waals surface area contributed by atoms with Crippen LogP contribution in [-0.2, 0) is 0 Å². The van der Waals surface area contributed by atoms with Crippen molar-refractivity contribution in [1.29, 1.82) is 0 Å². The van der Waals surface area contributed by atoms with Gasteiger partial charge in [0.1, 0.15) is 17.6 Å². The summed E-state index contributed by atoms with van der Waals surface area (Å²) in [4.78, 5) is 25.1. The van der Waals surface area contributed by atoms with E-state index in [1.807, 2.05) is 32.0 Å². The summed E-state index contributed by atoms with van der Waals surface area (Å²) in [6, 6.07) is 6.64. The van der Waals surface area contributed by atoms with Crippen LogP contribution < -0.4 is 5.32 Å². The second kappa shape index (κ2) is 5.58. The number of carbonyl (C=O) groups is 1. The SMILES string of the molecule is Cc1cc(C)cc(Nc2ncc([N+](=O)[O-])cc2C(=O)O)c1. The number of nitro groups is 1. The maximum atomic E-state index is 11.2. The number of pyridine rings is 1. The molecule has 0 fully saturated rings. The third-order valence-electron chi connectivity index (χ3n) is 2.80. The van der Waals surface area contributed by atoms with E-state index >= 15 is 0 Å².